The molecule has 1 heterocycles. The molecule has 0 aliphatic carbocycles. The number of benzene rings is 3. The highest BCUT2D eigenvalue weighted by molar-refractivity contribution is 6.29. The molecule has 1 saturated heterocycles. The van der Waals surface area contributed by atoms with Gasteiger partial charge in [0.15, 0.2) is 0 Å². The van der Waals surface area contributed by atoms with Crippen LogP contribution in [0.1, 0.15) is 46.2 Å². The molecule has 0 spiro atoms. The summed E-state index contributed by atoms with van der Waals surface area (Å²) in [5.41, 5.74) is 0.185. The summed E-state index contributed by atoms with van der Waals surface area (Å²) in [5, 5.41) is 0. The van der Waals surface area contributed by atoms with Gasteiger partial charge in [0.25, 0.3) is 5.91 Å². The number of hydrogen-bond donors (Lipinski definition) is 0. The van der Waals surface area contributed by atoms with Gasteiger partial charge in [0.05, 0.1) is 6.04 Å². The molecule has 1 aliphatic heterocycles. The molecule has 234 valence electrons. The molecule has 1 fully saturated rings. The Bertz CT molecular complexity index is 1430. The maximum atomic E-state index is 14.4. The van der Waals surface area contributed by atoms with E-state index in [1.165, 1.54) is 29.2 Å². The lowest BCUT2D eigenvalue weighted by molar-refractivity contribution is -0.137. The molecule has 3 amide bonds. The summed E-state index contributed by atoms with van der Waals surface area (Å²) in [7, 11) is 0. The summed E-state index contributed by atoms with van der Waals surface area (Å²) in [4.78, 5) is 45.6. The van der Waals surface area contributed by atoms with Crippen molar-refractivity contribution in [2.75, 3.05) is 30.4 Å². The molecule has 0 aromatic heterocycles. The van der Waals surface area contributed by atoms with Crippen molar-refractivity contribution in [1.29, 1.82) is 0 Å². The predicted molar refractivity (Wildman–Crippen MR) is 168 cm³/mol. The highest BCUT2D eigenvalue weighted by Crippen LogP contribution is 2.33. The van der Waals surface area contributed by atoms with Gasteiger partial charge in [-0.2, -0.15) is 0 Å². The van der Waals surface area contributed by atoms with Crippen molar-refractivity contribution in [1.82, 2.24) is 9.80 Å². The quantitative estimate of drug-likeness (QED) is 0.252. The number of carbonyl (C=O) groups excluding carboxylic acids is 3. The van der Waals surface area contributed by atoms with E-state index in [2.05, 4.69) is 0 Å². The van der Waals surface area contributed by atoms with Crippen LogP contribution in [0, 0.1) is 11.7 Å². The topological polar surface area (TPSA) is 79.4 Å². The zero-order valence-corrected chi connectivity index (χ0v) is 26.5. The van der Waals surface area contributed by atoms with Crippen LogP contribution in [0.5, 0.6) is 11.5 Å². The molecular formula is C34H39ClFN3O5. The second kappa shape index (κ2) is 14.1. The van der Waals surface area contributed by atoms with Gasteiger partial charge in [-0.05, 0) is 80.8 Å². The van der Waals surface area contributed by atoms with E-state index < -0.39 is 29.5 Å². The van der Waals surface area contributed by atoms with E-state index in [1.54, 1.807) is 34.1 Å². The molecule has 0 unspecified atom stereocenters. The first-order valence-corrected chi connectivity index (χ1v) is 15.2. The van der Waals surface area contributed by atoms with E-state index in [9.17, 15) is 18.8 Å². The van der Waals surface area contributed by atoms with Crippen molar-refractivity contribution in [2.24, 2.45) is 5.92 Å². The van der Waals surface area contributed by atoms with Gasteiger partial charge in [0.2, 0.25) is 5.91 Å². The van der Waals surface area contributed by atoms with Crippen LogP contribution in [-0.4, -0.2) is 64.9 Å². The van der Waals surface area contributed by atoms with Gasteiger partial charge in [-0.15, -0.1) is 11.6 Å². The molecule has 1 aliphatic rings. The number of rotatable bonds is 8. The van der Waals surface area contributed by atoms with E-state index in [-0.39, 0.29) is 43.4 Å². The SMILES string of the molecule is CC(C)[C@H]1CN(C(=O)[C@H](c2ccc(F)cc2)N(C(=O)CCl)c2ccc(Oc3ccccc3)cc2)CCN1C(=O)OC(C)(C)C. The van der Waals surface area contributed by atoms with Crippen LogP contribution in [0.3, 0.4) is 0 Å². The average Bonchev–Trinajstić information content (AvgIpc) is 2.99. The highest BCUT2D eigenvalue weighted by Gasteiger charge is 2.41. The first-order chi connectivity index (χ1) is 20.9. The molecule has 0 saturated carbocycles. The lowest BCUT2D eigenvalue weighted by Gasteiger charge is -2.45. The number of anilines is 1. The van der Waals surface area contributed by atoms with Gasteiger partial charge in [-0.1, -0.05) is 44.2 Å². The molecule has 0 radical (unpaired) electrons. The molecule has 0 bridgehead atoms. The number of amides is 3. The van der Waals surface area contributed by atoms with Gasteiger partial charge < -0.3 is 19.3 Å². The highest BCUT2D eigenvalue weighted by atomic mass is 35.5. The minimum absolute atomic E-state index is 0.0140. The molecule has 3 aromatic carbocycles. The summed E-state index contributed by atoms with van der Waals surface area (Å²) in [6.07, 6.45) is -0.435. The molecule has 44 heavy (non-hydrogen) atoms. The van der Waals surface area contributed by atoms with Gasteiger partial charge in [-0.3, -0.25) is 14.5 Å². The Morgan fingerprint density at radius 3 is 2.11 bits per heavy atom. The zero-order chi connectivity index (χ0) is 32.0. The number of halogens is 2. The van der Waals surface area contributed by atoms with Crippen LogP contribution in [0.4, 0.5) is 14.9 Å². The van der Waals surface area contributed by atoms with Crippen LogP contribution in [0.15, 0.2) is 78.9 Å². The number of carbonyl (C=O) groups is 3. The van der Waals surface area contributed by atoms with Crippen molar-refractivity contribution >= 4 is 35.2 Å². The molecule has 10 heteroatoms. The average molecular weight is 624 g/mol. The molecule has 3 aromatic rings. The van der Waals surface area contributed by atoms with Crippen molar-refractivity contribution in [2.45, 2.75) is 52.3 Å². The number of piperazine rings is 1. The number of ether oxygens (including phenoxy) is 2. The normalized spacial score (nSPS) is 16.0. The minimum atomic E-state index is -1.14. The van der Waals surface area contributed by atoms with Crippen molar-refractivity contribution in [3.05, 3.63) is 90.2 Å². The van der Waals surface area contributed by atoms with Gasteiger partial charge >= 0.3 is 6.09 Å². The Hall–Kier alpha value is -4.11. The molecule has 0 N–H and O–H groups in total. The van der Waals surface area contributed by atoms with Crippen molar-refractivity contribution < 1.29 is 28.2 Å². The van der Waals surface area contributed by atoms with Crippen LogP contribution in [-0.2, 0) is 14.3 Å². The summed E-state index contributed by atoms with van der Waals surface area (Å²) < 4.78 is 25.5. The fraction of sp³-hybridized carbons (Fsp3) is 0.382. The van der Waals surface area contributed by atoms with Gasteiger partial charge in [-0.25, -0.2) is 9.18 Å². The molecular weight excluding hydrogens is 585 g/mol. The van der Waals surface area contributed by atoms with Gasteiger partial charge in [0, 0.05) is 25.3 Å². The summed E-state index contributed by atoms with van der Waals surface area (Å²) >= 11 is 6.10. The largest absolute Gasteiger partial charge is 0.457 e. The number of alkyl halides is 1. The Balaban J connectivity index is 1.67. The Morgan fingerprint density at radius 1 is 0.932 bits per heavy atom. The Kier molecular flexibility index (Phi) is 10.5. The van der Waals surface area contributed by atoms with Crippen molar-refractivity contribution in [3.63, 3.8) is 0 Å². The van der Waals surface area contributed by atoms with Gasteiger partial charge in [0.1, 0.15) is 34.8 Å². The zero-order valence-electron chi connectivity index (χ0n) is 25.7. The summed E-state index contributed by atoms with van der Waals surface area (Å²) in [6, 6.07) is 20.1. The second-order valence-corrected chi connectivity index (χ2v) is 12.3. The number of para-hydroxylation sites is 1. The first-order valence-electron chi connectivity index (χ1n) is 14.6. The Labute approximate surface area is 263 Å². The summed E-state index contributed by atoms with van der Waals surface area (Å²) in [5.74, 6) is -0.509. The monoisotopic (exact) mass is 623 g/mol. The fourth-order valence-electron chi connectivity index (χ4n) is 5.15. The van der Waals surface area contributed by atoms with Crippen molar-refractivity contribution in [3.8, 4) is 11.5 Å². The second-order valence-electron chi connectivity index (χ2n) is 12.0. The molecule has 2 atom stereocenters. The third kappa shape index (κ3) is 8.08. The first kappa shape index (κ1) is 32.8. The molecule has 4 rings (SSSR count). The van der Waals surface area contributed by atoms with E-state index in [0.29, 0.717) is 22.7 Å². The summed E-state index contributed by atoms with van der Waals surface area (Å²) in [6.45, 7) is 10.1. The standard InChI is InChI=1S/C34H39ClFN3O5/c1-23(2)29-22-37(19-20-38(29)33(42)44-34(3,4)5)32(41)31(24-11-13-25(36)14-12-24)39(30(40)21-35)26-15-17-28(18-16-26)43-27-9-7-6-8-10-27/h6-18,23,29,31H,19-22H2,1-5H3/t29-,31+/m1/s1. The van der Waals surface area contributed by atoms with E-state index in [4.69, 9.17) is 21.1 Å². The van der Waals surface area contributed by atoms with Crippen LogP contribution >= 0.6 is 11.6 Å². The molecule has 8 nitrogen and oxygen atoms in total. The smallest absolute Gasteiger partial charge is 0.410 e. The fourth-order valence-corrected chi connectivity index (χ4v) is 5.28. The minimum Gasteiger partial charge on any atom is -0.457 e. The lowest BCUT2D eigenvalue weighted by atomic mass is 9.97. The van der Waals surface area contributed by atoms with E-state index >= 15 is 0 Å². The third-order valence-corrected chi connectivity index (χ3v) is 7.51. The van der Waals surface area contributed by atoms with E-state index in [0.717, 1.165) is 0 Å². The third-order valence-electron chi connectivity index (χ3n) is 7.28. The predicted octanol–water partition coefficient (Wildman–Crippen LogP) is 7.04. The lowest BCUT2D eigenvalue weighted by Crippen LogP contribution is -2.60. The number of hydrogen-bond acceptors (Lipinski definition) is 5. The van der Waals surface area contributed by atoms with Crippen LogP contribution < -0.4 is 9.64 Å². The maximum absolute atomic E-state index is 14.4. The Morgan fingerprint density at radius 2 is 1.55 bits per heavy atom. The maximum Gasteiger partial charge on any atom is 0.410 e. The van der Waals surface area contributed by atoms with Crippen LogP contribution in [0.25, 0.3) is 0 Å². The van der Waals surface area contributed by atoms with E-state index in [1.807, 2.05) is 65.0 Å². The van der Waals surface area contributed by atoms with Crippen LogP contribution in [0.2, 0.25) is 0 Å². The number of nitrogens with zero attached hydrogens (tertiary/aromatic N) is 3.